The Hall–Kier alpha value is -3.59. The third-order valence-electron chi connectivity index (χ3n) is 3.84. The van der Waals surface area contributed by atoms with Gasteiger partial charge in [-0.05, 0) is 48.5 Å². The molecule has 0 aromatic heterocycles. The Balaban J connectivity index is 1.97. The number of benzene rings is 2. The molecule has 29 heavy (non-hydrogen) atoms. The van der Waals surface area contributed by atoms with Gasteiger partial charge in [0.2, 0.25) is 11.8 Å². The first-order chi connectivity index (χ1) is 13.8. The van der Waals surface area contributed by atoms with E-state index in [4.69, 9.17) is 12.2 Å². The Morgan fingerprint density at radius 2 is 1.93 bits per heavy atom. The number of hydrogen-bond acceptors (Lipinski definition) is 5. The summed E-state index contributed by atoms with van der Waals surface area (Å²) in [5.41, 5.74) is 2.61. The molecule has 0 saturated heterocycles. The van der Waals surface area contributed by atoms with Gasteiger partial charge in [0.1, 0.15) is 0 Å². The van der Waals surface area contributed by atoms with Crippen molar-refractivity contribution in [3.05, 3.63) is 69.8 Å². The maximum Gasteiger partial charge on any atom is 0.270 e. The molecule has 0 aliphatic heterocycles. The van der Waals surface area contributed by atoms with Crippen LogP contribution in [0, 0.1) is 17.0 Å². The maximum absolute atomic E-state index is 12.0. The van der Waals surface area contributed by atoms with E-state index >= 15 is 0 Å². The standard InChI is InChI=1S/C20H20N4O4S/c1-3-18(25)22-17-12-15(9-7-13(17)2)21-20(29)23-19(26)10-8-14-5-4-6-16(11-14)24(27)28/h4-12H,3H2,1-2H3,(H,22,25)(H2,21,23,26,29)/b10-8+. The number of nitrogens with zero attached hydrogens (tertiary/aromatic N) is 1. The Morgan fingerprint density at radius 1 is 1.17 bits per heavy atom. The highest BCUT2D eigenvalue weighted by Crippen LogP contribution is 2.20. The summed E-state index contributed by atoms with van der Waals surface area (Å²) in [6, 6.07) is 11.2. The van der Waals surface area contributed by atoms with Gasteiger partial charge in [-0.1, -0.05) is 25.1 Å². The molecule has 2 aromatic rings. The number of nitro groups is 1. The van der Waals surface area contributed by atoms with Gasteiger partial charge >= 0.3 is 0 Å². The van der Waals surface area contributed by atoms with Crippen molar-refractivity contribution in [3.63, 3.8) is 0 Å². The molecule has 0 aliphatic carbocycles. The third kappa shape index (κ3) is 6.82. The number of non-ortho nitro benzene ring substituents is 1. The van der Waals surface area contributed by atoms with Gasteiger partial charge in [0, 0.05) is 36.0 Å². The molecule has 2 rings (SSSR count). The first-order valence-corrected chi connectivity index (χ1v) is 9.14. The Kier molecular flexibility index (Phi) is 7.55. The van der Waals surface area contributed by atoms with Crippen molar-refractivity contribution in [2.45, 2.75) is 20.3 Å². The summed E-state index contributed by atoms with van der Waals surface area (Å²) in [4.78, 5) is 33.9. The van der Waals surface area contributed by atoms with E-state index in [-0.39, 0.29) is 16.7 Å². The number of aryl methyl sites for hydroxylation is 1. The highest BCUT2D eigenvalue weighted by Gasteiger charge is 2.07. The zero-order chi connectivity index (χ0) is 21.4. The van der Waals surface area contributed by atoms with Crippen molar-refractivity contribution in [2.75, 3.05) is 10.6 Å². The number of rotatable bonds is 6. The molecule has 0 saturated carbocycles. The van der Waals surface area contributed by atoms with Crippen LogP contribution in [0.25, 0.3) is 6.08 Å². The smallest absolute Gasteiger partial charge is 0.270 e. The molecule has 2 amide bonds. The zero-order valence-corrected chi connectivity index (χ0v) is 16.7. The largest absolute Gasteiger partial charge is 0.332 e. The second-order valence-corrected chi connectivity index (χ2v) is 6.47. The molecule has 0 fully saturated rings. The summed E-state index contributed by atoms with van der Waals surface area (Å²) in [7, 11) is 0. The lowest BCUT2D eigenvalue weighted by molar-refractivity contribution is -0.384. The number of carbonyl (C=O) groups excluding carboxylic acids is 2. The van der Waals surface area contributed by atoms with Crippen LogP contribution >= 0.6 is 12.2 Å². The third-order valence-corrected chi connectivity index (χ3v) is 4.04. The molecule has 0 radical (unpaired) electrons. The molecule has 0 unspecified atom stereocenters. The van der Waals surface area contributed by atoms with Crippen LogP contribution < -0.4 is 16.0 Å². The quantitative estimate of drug-likeness (QED) is 0.288. The second kappa shape index (κ2) is 10.1. The van der Waals surface area contributed by atoms with Gasteiger partial charge in [-0.25, -0.2) is 0 Å². The molecule has 0 heterocycles. The average molecular weight is 412 g/mol. The van der Waals surface area contributed by atoms with E-state index in [2.05, 4.69) is 16.0 Å². The van der Waals surface area contributed by atoms with Gasteiger partial charge in [-0.3, -0.25) is 25.0 Å². The predicted molar refractivity (Wildman–Crippen MR) is 117 cm³/mol. The summed E-state index contributed by atoms with van der Waals surface area (Å²) in [5.74, 6) is -0.590. The normalized spacial score (nSPS) is 10.4. The van der Waals surface area contributed by atoms with Crippen molar-refractivity contribution in [3.8, 4) is 0 Å². The molecule has 0 atom stereocenters. The van der Waals surface area contributed by atoms with Crippen LogP contribution in [0.3, 0.4) is 0 Å². The maximum atomic E-state index is 12.0. The number of nitro benzene ring substituents is 1. The van der Waals surface area contributed by atoms with Gasteiger partial charge in [0.25, 0.3) is 5.69 Å². The summed E-state index contributed by atoms with van der Waals surface area (Å²) in [6.45, 7) is 3.63. The Labute approximate surface area is 173 Å². The molecular formula is C20H20N4O4S. The fraction of sp³-hybridized carbons (Fsp3) is 0.150. The predicted octanol–water partition coefficient (Wildman–Crippen LogP) is 3.78. The summed E-state index contributed by atoms with van der Waals surface area (Å²) >= 11 is 5.13. The van der Waals surface area contributed by atoms with Gasteiger partial charge < -0.3 is 10.6 Å². The van der Waals surface area contributed by atoms with Gasteiger partial charge in [0.15, 0.2) is 5.11 Å². The zero-order valence-electron chi connectivity index (χ0n) is 15.9. The molecule has 8 nitrogen and oxygen atoms in total. The molecule has 3 N–H and O–H groups in total. The van der Waals surface area contributed by atoms with E-state index in [9.17, 15) is 19.7 Å². The fourth-order valence-corrected chi connectivity index (χ4v) is 2.52. The van der Waals surface area contributed by atoms with E-state index < -0.39 is 10.8 Å². The number of carbonyl (C=O) groups is 2. The van der Waals surface area contributed by atoms with Crippen molar-refractivity contribution in [1.29, 1.82) is 0 Å². The number of amides is 2. The topological polar surface area (TPSA) is 113 Å². The molecule has 0 bridgehead atoms. The monoisotopic (exact) mass is 412 g/mol. The lowest BCUT2D eigenvalue weighted by Crippen LogP contribution is -2.32. The van der Waals surface area contributed by atoms with Crippen LogP contribution in [0.2, 0.25) is 0 Å². The summed E-state index contributed by atoms with van der Waals surface area (Å²) < 4.78 is 0. The van der Waals surface area contributed by atoms with Crippen molar-refractivity contribution in [1.82, 2.24) is 5.32 Å². The van der Waals surface area contributed by atoms with Crippen LogP contribution in [0.5, 0.6) is 0 Å². The highest BCUT2D eigenvalue weighted by molar-refractivity contribution is 7.80. The van der Waals surface area contributed by atoms with Gasteiger partial charge in [-0.15, -0.1) is 0 Å². The molecule has 150 valence electrons. The fourth-order valence-electron chi connectivity index (χ4n) is 2.30. The summed E-state index contributed by atoms with van der Waals surface area (Å²) in [5, 5.41) is 19.0. The molecule has 0 spiro atoms. The van der Waals surface area contributed by atoms with Crippen LogP contribution in [-0.2, 0) is 9.59 Å². The van der Waals surface area contributed by atoms with E-state index in [1.807, 2.05) is 13.0 Å². The minimum atomic E-state index is -0.505. The van der Waals surface area contributed by atoms with Crippen molar-refractivity contribution >= 4 is 52.3 Å². The molecular weight excluding hydrogens is 392 g/mol. The minimum Gasteiger partial charge on any atom is -0.332 e. The van der Waals surface area contributed by atoms with Crippen LogP contribution in [0.4, 0.5) is 17.1 Å². The van der Waals surface area contributed by atoms with E-state index in [1.54, 1.807) is 25.1 Å². The summed E-state index contributed by atoms with van der Waals surface area (Å²) in [6.07, 6.45) is 3.05. The van der Waals surface area contributed by atoms with Crippen LogP contribution in [0.1, 0.15) is 24.5 Å². The van der Waals surface area contributed by atoms with E-state index in [1.165, 1.54) is 30.4 Å². The number of anilines is 2. The van der Waals surface area contributed by atoms with Gasteiger partial charge in [-0.2, -0.15) is 0 Å². The minimum absolute atomic E-state index is 0.0601. The number of thiocarbonyl (C=S) groups is 1. The van der Waals surface area contributed by atoms with Gasteiger partial charge in [0.05, 0.1) is 4.92 Å². The molecule has 0 aliphatic rings. The SMILES string of the molecule is CCC(=O)Nc1cc(NC(=S)NC(=O)/C=C/c2cccc([N+](=O)[O-])c2)ccc1C. The molecule has 9 heteroatoms. The first kappa shape index (κ1) is 21.7. The second-order valence-electron chi connectivity index (χ2n) is 6.06. The highest BCUT2D eigenvalue weighted by atomic mass is 32.1. The van der Waals surface area contributed by atoms with Crippen molar-refractivity contribution in [2.24, 2.45) is 0 Å². The lowest BCUT2D eigenvalue weighted by atomic mass is 10.1. The van der Waals surface area contributed by atoms with Crippen molar-refractivity contribution < 1.29 is 14.5 Å². The van der Waals surface area contributed by atoms with Crippen LogP contribution in [0.15, 0.2) is 48.5 Å². The Morgan fingerprint density at radius 3 is 2.62 bits per heavy atom. The first-order valence-electron chi connectivity index (χ1n) is 8.73. The molecule has 2 aromatic carbocycles. The Bertz CT molecular complexity index is 988. The number of hydrogen-bond donors (Lipinski definition) is 3. The van der Waals surface area contributed by atoms with E-state index in [0.717, 1.165) is 5.56 Å². The number of nitrogens with one attached hydrogen (secondary N) is 3. The lowest BCUT2D eigenvalue weighted by Gasteiger charge is -2.12. The van der Waals surface area contributed by atoms with Crippen LogP contribution in [-0.4, -0.2) is 21.9 Å². The average Bonchev–Trinajstić information content (AvgIpc) is 2.69. The van der Waals surface area contributed by atoms with E-state index in [0.29, 0.717) is 23.4 Å².